The minimum Gasteiger partial charge on any atom is -0.477 e. The van der Waals surface area contributed by atoms with Crippen molar-refractivity contribution in [3.05, 3.63) is 46.6 Å². The monoisotopic (exact) mass is 865 g/mol. The largest absolute Gasteiger partial charge is 0.477 e. The lowest BCUT2D eigenvalue weighted by Crippen LogP contribution is -2.74. The number of β-lactam (4-membered cyclic amide) rings is 1. The number of nitrogens with zero attached hydrogens (tertiary/aromatic N) is 6. The Balaban J connectivity index is 2.20. The van der Waals surface area contributed by atoms with E-state index in [-0.39, 0.29) is 86.5 Å². The molecule has 1 unspecified atom stereocenters. The molecule has 2 aliphatic heterocycles. The predicted molar refractivity (Wildman–Crippen MR) is 206 cm³/mol. The zero-order valence-electron chi connectivity index (χ0n) is 33.4. The number of halogens is 1. The summed E-state index contributed by atoms with van der Waals surface area (Å²) in [4.78, 5) is 121. The number of aliphatic carboxylic acids is 1. The maximum atomic E-state index is 15.2. The third-order valence-electron chi connectivity index (χ3n) is 10.1. The normalized spacial score (nSPS) is 17.9. The summed E-state index contributed by atoms with van der Waals surface area (Å²) in [7, 11) is 0. The van der Waals surface area contributed by atoms with Crippen LogP contribution in [0.3, 0.4) is 0 Å². The second-order valence-electron chi connectivity index (χ2n) is 14.4. The van der Waals surface area contributed by atoms with E-state index in [0.717, 1.165) is 30.6 Å². The molecule has 1 aromatic carbocycles. The number of carboxylic acid groups (broad SMARTS) is 1. The fourth-order valence-corrected chi connectivity index (χ4v) is 7.10. The number of amides is 8. The molecule has 0 aromatic heterocycles. The predicted octanol–water partition coefficient (Wildman–Crippen LogP) is -0.618. The van der Waals surface area contributed by atoms with Crippen LogP contribution in [-0.2, 0) is 43.2 Å². The Kier molecular flexibility index (Phi) is 17.8. The van der Waals surface area contributed by atoms with Gasteiger partial charge in [-0.1, -0.05) is 41.9 Å². The average Bonchev–Trinajstić information content (AvgIpc) is 3.19. The van der Waals surface area contributed by atoms with Crippen molar-refractivity contribution in [1.29, 1.82) is 0 Å². The van der Waals surface area contributed by atoms with Gasteiger partial charge in [0, 0.05) is 45.4 Å². The lowest BCUT2D eigenvalue weighted by atomic mass is 9.83. The molecule has 1 fully saturated rings. The van der Waals surface area contributed by atoms with E-state index in [9.17, 15) is 59.1 Å². The minimum absolute atomic E-state index is 0.0143. The van der Waals surface area contributed by atoms with E-state index >= 15 is 4.79 Å². The minimum atomic E-state index is -2.01. The molecule has 1 saturated heterocycles. The van der Waals surface area contributed by atoms with Crippen LogP contribution in [0.2, 0.25) is 0 Å². The van der Waals surface area contributed by atoms with Crippen LogP contribution in [0, 0.1) is 0 Å². The molecule has 0 radical (unpaired) electrons. The third kappa shape index (κ3) is 11.7. The van der Waals surface area contributed by atoms with Gasteiger partial charge in [0.05, 0.1) is 24.2 Å². The van der Waals surface area contributed by atoms with Crippen LogP contribution in [0.1, 0.15) is 83.7 Å². The van der Waals surface area contributed by atoms with Crippen LogP contribution in [0.4, 0.5) is 0 Å². The number of hydrogen-bond donors (Lipinski definition) is 7. The number of carboxylic acids is 1. The topological polar surface area (TPSA) is 332 Å². The fourth-order valence-electron chi connectivity index (χ4n) is 6.82. The first-order chi connectivity index (χ1) is 28.1. The number of benzene rings is 1. The third-order valence-corrected chi connectivity index (χ3v) is 10.5. The second-order valence-corrected chi connectivity index (χ2v) is 14.9. The van der Waals surface area contributed by atoms with Gasteiger partial charge in [0.15, 0.2) is 0 Å². The van der Waals surface area contributed by atoms with E-state index in [2.05, 4.69) is 0 Å². The summed E-state index contributed by atoms with van der Waals surface area (Å²) in [6.07, 6.45) is -1.05. The van der Waals surface area contributed by atoms with Crippen molar-refractivity contribution >= 4 is 64.8 Å². The zero-order chi connectivity index (χ0) is 45.2. The van der Waals surface area contributed by atoms with Crippen LogP contribution >= 0.6 is 11.6 Å². The van der Waals surface area contributed by atoms with Crippen molar-refractivity contribution in [2.45, 2.75) is 108 Å². The number of carbonyl (C=O) groups is 9. The van der Waals surface area contributed by atoms with Gasteiger partial charge < -0.3 is 27.2 Å². The summed E-state index contributed by atoms with van der Waals surface area (Å²) < 4.78 is 0. The lowest BCUT2D eigenvalue weighted by Gasteiger charge is -2.54. The van der Waals surface area contributed by atoms with Gasteiger partial charge in [-0.2, -0.15) is 0 Å². The highest BCUT2D eigenvalue weighted by Crippen LogP contribution is 2.43. The maximum Gasteiger partial charge on any atom is 0.353 e. The molecule has 6 atom stereocenters. The van der Waals surface area contributed by atoms with Crippen LogP contribution in [0.5, 0.6) is 0 Å². The van der Waals surface area contributed by atoms with Crippen LogP contribution < -0.4 is 17.2 Å². The smallest absolute Gasteiger partial charge is 0.353 e. The van der Waals surface area contributed by atoms with Gasteiger partial charge in [0.1, 0.15) is 17.8 Å². The number of nitrogens with two attached hydrogens (primary N) is 3. The first-order valence-corrected chi connectivity index (χ1v) is 19.4. The molecule has 22 nitrogen and oxygen atoms in total. The van der Waals surface area contributed by atoms with Gasteiger partial charge in [0.25, 0.3) is 23.6 Å². The van der Waals surface area contributed by atoms with Crippen LogP contribution in [0.25, 0.3) is 0 Å². The molecule has 60 heavy (non-hydrogen) atoms. The highest BCUT2D eigenvalue weighted by Gasteiger charge is 2.59. The van der Waals surface area contributed by atoms with Crippen molar-refractivity contribution in [2.24, 2.45) is 17.2 Å². The fraction of sp³-hybridized carbons (Fsp3) is 0.541. The highest BCUT2D eigenvalue weighted by atomic mass is 35.5. The molecule has 3 rings (SSSR count). The Labute approximate surface area is 349 Å². The Morgan fingerprint density at radius 2 is 1.13 bits per heavy atom. The number of hydroxylamine groups is 6. The Hall–Kier alpha value is -5.36. The maximum absolute atomic E-state index is 15.2. The second kappa shape index (κ2) is 21.8. The number of rotatable bonds is 20. The first kappa shape index (κ1) is 49.0. The summed E-state index contributed by atoms with van der Waals surface area (Å²) in [5.74, 6) is -9.73. The van der Waals surface area contributed by atoms with Crippen molar-refractivity contribution in [3.63, 3.8) is 0 Å². The molecule has 10 N–H and O–H groups in total. The Bertz CT molecular complexity index is 1810. The van der Waals surface area contributed by atoms with Crippen molar-refractivity contribution in [1.82, 2.24) is 29.9 Å². The van der Waals surface area contributed by atoms with Gasteiger partial charge in [0.2, 0.25) is 23.6 Å². The number of allylic oxidation sites excluding steroid dienone is 1. The summed E-state index contributed by atoms with van der Waals surface area (Å²) >= 11 is 6.23. The number of imide groups is 3. The van der Waals surface area contributed by atoms with Crippen LogP contribution in [-0.4, -0.2) is 154 Å². The molecule has 2 aliphatic rings. The van der Waals surface area contributed by atoms with Crippen molar-refractivity contribution in [2.75, 3.05) is 19.6 Å². The van der Waals surface area contributed by atoms with E-state index in [1.54, 1.807) is 6.07 Å². The molecule has 330 valence electrons. The zero-order valence-corrected chi connectivity index (χ0v) is 34.1. The van der Waals surface area contributed by atoms with Crippen LogP contribution in [0.15, 0.2) is 41.1 Å². The van der Waals surface area contributed by atoms with E-state index in [1.807, 2.05) is 0 Å². The molecular weight excluding hydrogens is 814 g/mol. The summed E-state index contributed by atoms with van der Waals surface area (Å²) in [6.45, 7) is 2.45. The molecule has 0 bridgehead atoms. The van der Waals surface area contributed by atoms with Gasteiger partial charge in [-0.3, -0.25) is 58.9 Å². The Morgan fingerprint density at radius 1 is 0.717 bits per heavy atom. The van der Waals surface area contributed by atoms with Crippen molar-refractivity contribution in [3.8, 4) is 0 Å². The number of fused-ring (bicyclic) bond motifs is 1. The molecule has 0 saturated carbocycles. The van der Waals surface area contributed by atoms with E-state index in [4.69, 9.17) is 28.8 Å². The summed E-state index contributed by atoms with van der Waals surface area (Å²) in [6, 6.07) is -2.31. The molecule has 0 spiro atoms. The van der Waals surface area contributed by atoms with Gasteiger partial charge in [-0.15, -0.1) is 0 Å². The summed E-state index contributed by atoms with van der Waals surface area (Å²) in [5.41, 5.74) is 18.3. The number of carbonyl (C=O) groups excluding carboxylic acids is 8. The molecule has 2 heterocycles. The molecule has 1 aromatic rings. The van der Waals surface area contributed by atoms with Gasteiger partial charge in [-0.25, -0.2) is 24.9 Å². The van der Waals surface area contributed by atoms with Gasteiger partial charge in [-0.05, 0) is 56.9 Å². The van der Waals surface area contributed by atoms with Crippen molar-refractivity contribution < 1.29 is 63.9 Å². The molecular formula is C37H52ClN9O13. The number of hydrogen-bond acceptors (Lipinski definition) is 15. The SMILES string of the molecule is CC(=O)N(O)CCC[C@H](N)C(=O)N(C(=O)[C@H](c1ccccc1)N(C(=O)[C@@H](N)CCCN(O)C(C)=O)C1C(=O)N2C(C(=O)O)=C(Cl)CC[C@H]12)C(=O)[C@@H](N)CCCN(O)C(C)=O. The average molecular weight is 866 g/mol. The standard InChI is InChI=1S/C37H52ClN9O13/c1-20(48)42(58)17-7-12-25(39)32(51)46(31-28-16-15-24(38)30(37(56)57)45(28)36(31)55)29(23-10-5-4-6-11-23)35(54)47(33(52)26(40)13-8-18-43(59)21(2)49)34(53)27(41)14-9-19-44(60)22(3)50/h4-6,10-11,25-29,31,58-60H,7-9,12-19,39-41H2,1-3H3,(H,56,57)/t25-,26-,27-,28+,29-,31?/m0/s1. The lowest BCUT2D eigenvalue weighted by molar-refractivity contribution is -0.174. The molecule has 23 heteroatoms. The molecule has 8 amide bonds. The Morgan fingerprint density at radius 3 is 1.53 bits per heavy atom. The summed E-state index contributed by atoms with van der Waals surface area (Å²) in [5, 5.41) is 40.5. The van der Waals surface area contributed by atoms with Gasteiger partial charge >= 0.3 is 5.97 Å². The van der Waals surface area contributed by atoms with E-state index in [0.29, 0.717) is 15.2 Å². The highest BCUT2D eigenvalue weighted by molar-refractivity contribution is 6.32. The first-order valence-electron chi connectivity index (χ1n) is 19.0. The van der Waals surface area contributed by atoms with E-state index in [1.165, 1.54) is 24.3 Å². The molecule has 0 aliphatic carbocycles. The quantitative estimate of drug-likeness (QED) is 0.0488. The van der Waals surface area contributed by atoms with E-state index < -0.39 is 95.2 Å².